The first-order valence-corrected chi connectivity index (χ1v) is 10.1. The molecule has 0 unspecified atom stereocenters. The van der Waals surface area contributed by atoms with Crippen molar-refractivity contribution in [3.63, 3.8) is 0 Å². The van der Waals surface area contributed by atoms with Crippen molar-refractivity contribution < 1.29 is 4.74 Å². The molecule has 0 aliphatic rings. The lowest BCUT2D eigenvalue weighted by molar-refractivity contribution is 0.289. The minimum atomic E-state index is -0.211. The summed E-state index contributed by atoms with van der Waals surface area (Å²) in [5.41, 5.74) is 1.89. The standard InChI is InChI=1S/C22H23N3O2S/c1-13(2)9-10-27-18-7-5-16(6-8-18)11-17(12-23)20-24-21(26)19-14(3)15(4)28-22(19)25-20/h5-8,11,13H,9-10H2,1-4H3,(H,24,25,26)/b17-11-. The monoisotopic (exact) mass is 393 g/mol. The zero-order valence-electron chi connectivity index (χ0n) is 16.5. The molecule has 2 heterocycles. The zero-order valence-corrected chi connectivity index (χ0v) is 17.3. The van der Waals surface area contributed by atoms with Crippen LogP contribution in [0, 0.1) is 31.1 Å². The van der Waals surface area contributed by atoms with Gasteiger partial charge in [-0.1, -0.05) is 26.0 Å². The third kappa shape index (κ3) is 4.32. The fraction of sp³-hybridized carbons (Fsp3) is 0.318. The van der Waals surface area contributed by atoms with Gasteiger partial charge in [0, 0.05) is 4.88 Å². The molecule has 0 aliphatic heterocycles. The molecule has 0 spiro atoms. The highest BCUT2D eigenvalue weighted by Gasteiger charge is 2.14. The van der Waals surface area contributed by atoms with Crippen LogP contribution in [0.1, 0.15) is 42.1 Å². The summed E-state index contributed by atoms with van der Waals surface area (Å²) in [5.74, 6) is 1.69. The highest BCUT2D eigenvalue weighted by Crippen LogP contribution is 2.27. The maximum Gasteiger partial charge on any atom is 0.260 e. The first-order chi connectivity index (χ1) is 13.4. The normalized spacial score (nSPS) is 11.8. The summed E-state index contributed by atoms with van der Waals surface area (Å²) in [7, 11) is 0. The van der Waals surface area contributed by atoms with E-state index in [-0.39, 0.29) is 5.56 Å². The van der Waals surface area contributed by atoms with Crippen LogP contribution in [0.4, 0.5) is 0 Å². The first kappa shape index (κ1) is 19.8. The lowest BCUT2D eigenvalue weighted by atomic mass is 10.1. The number of benzene rings is 1. The number of nitriles is 1. The third-order valence-electron chi connectivity index (χ3n) is 4.57. The van der Waals surface area contributed by atoms with Crippen molar-refractivity contribution in [3.05, 3.63) is 56.4 Å². The van der Waals surface area contributed by atoms with E-state index in [1.54, 1.807) is 6.08 Å². The second-order valence-corrected chi connectivity index (χ2v) is 8.35. The van der Waals surface area contributed by atoms with Crippen LogP contribution in [0.3, 0.4) is 0 Å². The van der Waals surface area contributed by atoms with E-state index in [1.165, 1.54) is 11.3 Å². The van der Waals surface area contributed by atoms with Gasteiger partial charge >= 0.3 is 0 Å². The van der Waals surface area contributed by atoms with Crippen molar-refractivity contribution in [2.75, 3.05) is 6.61 Å². The van der Waals surface area contributed by atoms with Crippen LogP contribution in [0.2, 0.25) is 0 Å². The van der Waals surface area contributed by atoms with E-state index in [4.69, 9.17) is 4.74 Å². The fourth-order valence-corrected chi connectivity index (χ4v) is 3.81. The van der Waals surface area contributed by atoms with Crippen LogP contribution in [-0.4, -0.2) is 16.6 Å². The summed E-state index contributed by atoms with van der Waals surface area (Å²) >= 11 is 1.47. The van der Waals surface area contributed by atoms with E-state index in [0.29, 0.717) is 34.1 Å². The van der Waals surface area contributed by atoms with Gasteiger partial charge in [-0.15, -0.1) is 11.3 Å². The molecule has 0 radical (unpaired) electrons. The molecular weight excluding hydrogens is 370 g/mol. The quantitative estimate of drug-likeness (QED) is 0.592. The number of aromatic nitrogens is 2. The van der Waals surface area contributed by atoms with Crippen molar-refractivity contribution in [1.29, 1.82) is 5.26 Å². The van der Waals surface area contributed by atoms with Crippen LogP contribution < -0.4 is 10.3 Å². The van der Waals surface area contributed by atoms with E-state index in [9.17, 15) is 10.1 Å². The summed E-state index contributed by atoms with van der Waals surface area (Å²) < 4.78 is 5.72. The number of nitrogens with one attached hydrogen (secondary N) is 1. The Morgan fingerprint density at radius 3 is 2.68 bits per heavy atom. The minimum absolute atomic E-state index is 0.211. The van der Waals surface area contributed by atoms with Crippen molar-refractivity contribution in [3.8, 4) is 11.8 Å². The lowest BCUT2D eigenvalue weighted by Crippen LogP contribution is -2.10. The SMILES string of the molecule is Cc1sc2nc(/C(C#N)=C\c3ccc(OCCC(C)C)cc3)[nH]c(=O)c2c1C. The van der Waals surface area contributed by atoms with E-state index in [1.807, 2.05) is 38.1 Å². The van der Waals surface area contributed by atoms with Gasteiger partial charge in [-0.2, -0.15) is 5.26 Å². The molecule has 3 aromatic rings. The Balaban J connectivity index is 1.87. The minimum Gasteiger partial charge on any atom is -0.494 e. The number of fused-ring (bicyclic) bond motifs is 1. The van der Waals surface area contributed by atoms with E-state index < -0.39 is 0 Å². The molecule has 0 bridgehead atoms. The van der Waals surface area contributed by atoms with Crippen molar-refractivity contribution in [2.24, 2.45) is 5.92 Å². The summed E-state index contributed by atoms with van der Waals surface area (Å²) in [5, 5.41) is 10.2. The second kappa shape index (κ2) is 8.41. The molecule has 2 aromatic heterocycles. The summed E-state index contributed by atoms with van der Waals surface area (Å²) in [6.45, 7) is 8.88. The average Bonchev–Trinajstić information content (AvgIpc) is 2.95. The van der Waals surface area contributed by atoms with Gasteiger partial charge in [-0.05, 0) is 55.5 Å². The fourth-order valence-electron chi connectivity index (χ4n) is 2.78. The van der Waals surface area contributed by atoms with Crippen molar-refractivity contribution >= 4 is 33.2 Å². The number of aryl methyl sites for hydroxylation is 2. The Bertz CT molecular complexity index is 1120. The zero-order chi connectivity index (χ0) is 20.3. The van der Waals surface area contributed by atoms with Crippen molar-refractivity contribution in [1.82, 2.24) is 9.97 Å². The van der Waals surface area contributed by atoms with Crippen LogP contribution >= 0.6 is 11.3 Å². The van der Waals surface area contributed by atoms with Gasteiger partial charge in [0.05, 0.1) is 17.6 Å². The number of hydrogen-bond donors (Lipinski definition) is 1. The molecule has 0 atom stereocenters. The predicted molar refractivity (Wildman–Crippen MR) is 115 cm³/mol. The topological polar surface area (TPSA) is 78.8 Å². The van der Waals surface area contributed by atoms with Gasteiger partial charge in [-0.3, -0.25) is 4.79 Å². The Hall–Kier alpha value is -2.91. The van der Waals surface area contributed by atoms with Crippen molar-refractivity contribution in [2.45, 2.75) is 34.1 Å². The van der Waals surface area contributed by atoms with E-state index in [2.05, 4.69) is 29.9 Å². The Labute approximate surface area is 168 Å². The molecule has 6 heteroatoms. The number of nitrogens with zero attached hydrogens (tertiary/aromatic N) is 2. The second-order valence-electron chi connectivity index (χ2n) is 7.15. The number of H-pyrrole nitrogens is 1. The first-order valence-electron chi connectivity index (χ1n) is 9.24. The van der Waals surface area contributed by atoms with Gasteiger partial charge in [0.1, 0.15) is 16.6 Å². The van der Waals surface area contributed by atoms with Gasteiger partial charge in [0.15, 0.2) is 5.82 Å². The van der Waals surface area contributed by atoms with Gasteiger partial charge < -0.3 is 9.72 Å². The lowest BCUT2D eigenvalue weighted by Gasteiger charge is -2.08. The summed E-state index contributed by atoms with van der Waals surface area (Å²) in [6.07, 6.45) is 2.72. The number of hydrogen-bond acceptors (Lipinski definition) is 5. The smallest absolute Gasteiger partial charge is 0.260 e. The van der Waals surface area contributed by atoms with E-state index in [0.717, 1.165) is 28.2 Å². The molecule has 0 fully saturated rings. The van der Waals surface area contributed by atoms with Crippen LogP contribution in [0.5, 0.6) is 5.75 Å². The highest BCUT2D eigenvalue weighted by molar-refractivity contribution is 7.18. The molecular formula is C22H23N3O2S. The summed E-state index contributed by atoms with van der Waals surface area (Å²) in [4.78, 5) is 21.4. The number of thiophene rings is 1. The van der Waals surface area contributed by atoms with Gasteiger partial charge in [-0.25, -0.2) is 4.98 Å². The maximum absolute atomic E-state index is 12.5. The number of aromatic amines is 1. The molecule has 28 heavy (non-hydrogen) atoms. The molecule has 1 N–H and O–H groups in total. The Morgan fingerprint density at radius 2 is 2.04 bits per heavy atom. The van der Waals surface area contributed by atoms with Gasteiger partial charge in [0.2, 0.25) is 0 Å². The Kier molecular flexibility index (Phi) is 5.96. The molecule has 0 amide bonds. The van der Waals surface area contributed by atoms with E-state index >= 15 is 0 Å². The molecule has 5 nitrogen and oxygen atoms in total. The third-order valence-corrected chi connectivity index (χ3v) is 5.67. The maximum atomic E-state index is 12.5. The highest BCUT2D eigenvalue weighted by atomic mass is 32.1. The number of ether oxygens (including phenoxy) is 1. The Morgan fingerprint density at radius 1 is 1.32 bits per heavy atom. The average molecular weight is 394 g/mol. The van der Waals surface area contributed by atoms with Crippen LogP contribution in [0.25, 0.3) is 21.9 Å². The molecule has 3 rings (SSSR count). The van der Waals surface area contributed by atoms with Crippen LogP contribution in [0.15, 0.2) is 29.1 Å². The van der Waals surface area contributed by atoms with Gasteiger partial charge in [0.25, 0.3) is 5.56 Å². The molecule has 0 aliphatic carbocycles. The molecule has 144 valence electrons. The number of allylic oxidation sites excluding steroid dienone is 1. The summed E-state index contributed by atoms with van der Waals surface area (Å²) in [6, 6.07) is 9.68. The molecule has 1 aromatic carbocycles. The number of rotatable bonds is 6. The largest absolute Gasteiger partial charge is 0.494 e. The van der Waals surface area contributed by atoms with Crippen LogP contribution in [-0.2, 0) is 0 Å². The molecule has 0 saturated carbocycles. The predicted octanol–water partition coefficient (Wildman–Crippen LogP) is 5.09. The molecule has 0 saturated heterocycles.